The second-order valence-electron chi connectivity index (χ2n) is 5.49. The van der Waals surface area contributed by atoms with Crippen LogP contribution in [-0.4, -0.2) is 19.9 Å². The summed E-state index contributed by atoms with van der Waals surface area (Å²) in [4.78, 5) is 11.0. The third kappa shape index (κ3) is 2.94. The van der Waals surface area contributed by atoms with Crippen molar-refractivity contribution in [2.45, 2.75) is 43.0 Å². The number of primary amides is 1. The van der Waals surface area contributed by atoms with Crippen molar-refractivity contribution in [3.63, 3.8) is 0 Å². The fourth-order valence-electron chi connectivity index (χ4n) is 2.58. The van der Waals surface area contributed by atoms with Crippen molar-refractivity contribution in [2.24, 2.45) is 5.73 Å². The van der Waals surface area contributed by atoms with E-state index in [4.69, 9.17) is 11.5 Å². The molecule has 1 fully saturated rings. The van der Waals surface area contributed by atoms with Gasteiger partial charge in [0, 0.05) is 11.1 Å². The van der Waals surface area contributed by atoms with Crippen LogP contribution in [0.2, 0.25) is 0 Å². The maximum absolute atomic E-state index is 12.4. The highest BCUT2D eigenvalue weighted by molar-refractivity contribution is 7.89. The van der Waals surface area contributed by atoms with Gasteiger partial charge in [0.25, 0.3) is 0 Å². The van der Waals surface area contributed by atoms with Crippen molar-refractivity contribution >= 4 is 21.6 Å². The first-order valence-electron chi connectivity index (χ1n) is 6.47. The predicted octanol–water partition coefficient (Wildman–Crippen LogP) is 0.979. The Labute approximate surface area is 118 Å². The summed E-state index contributed by atoms with van der Waals surface area (Å²) in [6, 6.07) is 3.97. The zero-order valence-corrected chi connectivity index (χ0v) is 12.2. The molecule has 20 heavy (non-hydrogen) atoms. The second kappa shape index (κ2) is 5.06. The lowest BCUT2D eigenvalue weighted by molar-refractivity contribution is 0.1000. The van der Waals surface area contributed by atoms with Gasteiger partial charge < -0.3 is 11.5 Å². The lowest BCUT2D eigenvalue weighted by atomic mass is 10.0. The van der Waals surface area contributed by atoms with Crippen LogP contribution < -0.4 is 16.2 Å². The summed E-state index contributed by atoms with van der Waals surface area (Å²) < 4.78 is 27.5. The molecule has 0 spiro atoms. The molecule has 1 saturated carbocycles. The summed E-state index contributed by atoms with van der Waals surface area (Å²) >= 11 is 0. The number of nitrogens with one attached hydrogen (secondary N) is 1. The van der Waals surface area contributed by atoms with Crippen LogP contribution in [-0.2, 0) is 10.0 Å². The SMILES string of the molecule is CC1(NS(=O)(=O)c2ccc(C(N)=O)cc2N)CCCC1. The monoisotopic (exact) mass is 297 g/mol. The van der Waals surface area contributed by atoms with Gasteiger partial charge >= 0.3 is 0 Å². The number of sulfonamides is 1. The van der Waals surface area contributed by atoms with Gasteiger partial charge in [-0.05, 0) is 38.0 Å². The molecule has 1 aromatic carbocycles. The van der Waals surface area contributed by atoms with E-state index in [0.29, 0.717) is 0 Å². The maximum Gasteiger partial charge on any atom is 0.248 e. The first-order valence-corrected chi connectivity index (χ1v) is 7.95. The molecule has 2 rings (SSSR count). The molecule has 5 N–H and O–H groups in total. The number of nitrogen functional groups attached to an aromatic ring is 1. The molecular formula is C13H19N3O3S. The Bertz CT molecular complexity index is 634. The summed E-state index contributed by atoms with van der Waals surface area (Å²) in [5, 5.41) is 0. The Morgan fingerprint density at radius 1 is 1.30 bits per heavy atom. The van der Waals surface area contributed by atoms with E-state index in [1.54, 1.807) is 0 Å². The van der Waals surface area contributed by atoms with Gasteiger partial charge in [0.15, 0.2) is 0 Å². The van der Waals surface area contributed by atoms with E-state index < -0.39 is 21.5 Å². The highest BCUT2D eigenvalue weighted by Crippen LogP contribution is 2.31. The Kier molecular flexibility index (Phi) is 3.75. The molecule has 1 aliphatic carbocycles. The maximum atomic E-state index is 12.4. The first kappa shape index (κ1) is 14.8. The van der Waals surface area contributed by atoms with E-state index in [2.05, 4.69) is 4.72 Å². The summed E-state index contributed by atoms with van der Waals surface area (Å²) in [6.07, 6.45) is 3.64. The van der Waals surface area contributed by atoms with Crippen LogP contribution >= 0.6 is 0 Å². The van der Waals surface area contributed by atoms with Gasteiger partial charge in [-0.3, -0.25) is 4.79 Å². The Morgan fingerprint density at radius 2 is 1.90 bits per heavy atom. The van der Waals surface area contributed by atoms with Crippen LogP contribution in [0.1, 0.15) is 43.0 Å². The van der Waals surface area contributed by atoms with Crippen LogP contribution in [0.3, 0.4) is 0 Å². The molecule has 0 aliphatic heterocycles. The smallest absolute Gasteiger partial charge is 0.248 e. The quantitative estimate of drug-likeness (QED) is 0.718. The molecule has 110 valence electrons. The topological polar surface area (TPSA) is 115 Å². The van der Waals surface area contributed by atoms with Gasteiger partial charge in [0.2, 0.25) is 15.9 Å². The number of benzene rings is 1. The van der Waals surface area contributed by atoms with Crippen molar-refractivity contribution in [2.75, 3.05) is 5.73 Å². The predicted molar refractivity (Wildman–Crippen MR) is 76.6 cm³/mol. The lowest BCUT2D eigenvalue weighted by Crippen LogP contribution is -2.43. The van der Waals surface area contributed by atoms with Gasteiger partial charge in [-0.2, -0.15) is 0 Å². The van der Waals surface area contributed by atoms with E-state index in [1.807, 2.05) is 6.92 Å². The normalized spacial score (nSPS) is 18.1. The van der Waals surface area contributed by atoms with Gasteiger partial charge in [0.05, 0.1) is 5.69 Å². The molecule has 0 atom stereocenters. The fraction of sp³-hybridized carbons (Fsp3) is 0.462. The third-order valence-corrected chi connectivity index (χ3v) is 5.38. The molecule has 0 heterocycles. The second-order valence-corrected chi connectivity index (χ2v) is 7.14. The number of amides is 1. The third-order valence-electron chi connectivity index (χ3n) is 3.67. The Morgan fingerprint density at radius 3 is 2.40 bits per heavy atom. The van der Waals surface area contributed by atoms with Crippen molar-refractivity contribution in [3.8, 4) is 0 Å². The summed E-state index contributed by atoms with van der Waals surface area (Å²) in [5.74, 6) is -0.642. The molecule has 6 nitrogen and oxygen atoms in total. The number of carbonyl (C=O) groups is 1. The number of anilines is 1. The van der Waals surface area contributed by atoms with Crippen molar-refractivity contribution in [3.05, 3.63) is 23.8 Å². The number of rotatable bonds is 4. The number of hydrogen-bond acceptors (Lipinski definition) is 4. The van der Waals surface area contributed by atoms with Gasteiger partial charge in [-0.25, -0.2) is 13.1 Å². The number of carbonyl (C=O) groups excluding carboxylic acids is 1. The average molecular weight is 297 g/mol. The zero-order valence-electron chi connectivity index (χ0n) is 11.3. The van der Waals surface area contributed by atoms with E-state index >= 15 is 0 Å². The molecule has 7 heteroatoms. The fourth-order valence-corrected chi connectivity index (χ4v) is 4.16. The van der Waals surface area contributed by atoms with Crippen LogP contribution in [0.5, 0.6) is 0 Å². The number of hydrogen-bond donors (Lipinski definition) is 3. The van der Waals surface area contributed by atoms with Crippen molar-refractivity contribution < 1.29 is 13.2 Å². The van der Waals surface area contributed by atoms with E-state index in [0.717, 1.165) is 25.7 Å². The van der Waals surface area contributed by atoms with Crippen LogP contribution in [0.25, 0.3) is 0 Å². The molecule has 0 unspecified atom stereocenters. The van der Waals surface area contributed by atoms with Gasteiger partial charge in [-0.15, -0.1) is 0 Å². The number of nitrogens with two attached hydrogens (primary N) is 2. The molecule has 0 radical (unpaired) electrons. The lowest BCUT2D eigenvalue weighted by Gasteiger charge is -2.25. The minimum Gasteiger partial charge on any atom is -0.398 e. The van der Waals surface area contributed by atoms with Crippen molar-refractivity contribution in [1.82, 2.24) is 4.72 Å². The summed E-state index contributed by atoms with van der Waals surface area (Å²) in [5.41, 5.74) is 10.7. The Balaban J connectivity index is 2.32. The average Bonchev–Trinajstić information content (AvgIpc) is 2.74. The van der Waals surface area contributed by atoms with Crippen molar-refractivity contribution in [1.29, 1.82) is 0 Å². The van der Waals surface area contributed by atoms with E-state index in [-0.39, 0.29) is 16.1 Å². The molecule has 0 saturated heterocycles. The standard InChI is InChI=1S/C13H19N3O3S/c1-13(6-2-3-7-13)16-20(18,19)11-5-4-9(12(15)17)8-10(11)14/h4-5,8,16H,2-3,6-7,14H2,1H3,(H2,15,17). The van der Waals surface area contributed by atoms with Gasteiger partial charge in [0.1, 0.15) is 4.90 Å². The van der Waals surface area contributed by atoms with E-state index in [1.165, 1.54) is 18.2 Å². The van der Waals surface area contributed by atoms with E-state index in [9.17, 15) is 13.2 Å². The van der Waals surface area contributed by atoms with Crippen LogP contribution in [0.4, 0.5) is 5.69 Å². The van der Waals surface area contributed by atoms with Crippen LogP contribution in [0.15, 0.2) is 23.1 Å². The molecule has 1 amide bonds. The molecular weight excluding hydrogens is 278 g/mol. The minimum atomic E-state index is -3.70. The molecule has 0 aromatic heterocycles. The summed E-state index contributed by atoms with van der Waals surface area (Å²) in [7, 11) is -3.70. The first-order chi connectivity index (χ1) is 9.23. The molecule has 1 aromatic rings. The minimum absolute atomic E-state index is 0.0179. The largest absolute Gasteiger partial charge is 0.398 e. The zero-order chi connectivity index (χ0) is 15.0. The van der Waals surface area contributed by atoms with Crippen LogP contribution in [0, 0.1) is 0 Å². The highest BCUT2D eigenvalue weighted by Gasteiger charge is 2.34. The Hall–Kier alpha value is -1.60. The van der Waals surface area contributed by atoms with Gasteiger partial charge in [-0.1, -0.05) is 12.8 Å². The molecule has 1 aliphatic rings. The highest BCUT2D eigenvalue weighted by atomic mass is 32.2. The molecule has 0 bridgehead atoms. The summed E-state index contributed by atoms with van der Waals surface area (Å²) in [6.45, 7) is 1.89.